The maximum absolute atomic E-state index is 14.2. The van der Waals surface area contributed by atoms with Crippen LogP contribution < -0.4 is 10.2 Å². The van der Waals surface area contributed by atoms with Crippen LogP contribution in [0.3, 0.4) is 0 Å². The zero-order chi connectivity index (χ0) is 24.0. The second-order valence-corrected chi connectivity index (χ2v) is 9.39. The highest BCUT2D eigenvalue weighted by Gasteiger charge is 2.24. The Morgan fingerprint density at radius 3 is 2.48 bits per heavy atom. The molecule has 1 unspecified atom stereocenters. The van der Waals surface area contributed by atoms with Gasteiger partial charge < -0.3 is 5.32 Å². The first-order valence-electron chi connectivity index (χ1n) is 10.7. The summed E-state index contributed by atoms with van der Waals surface area (Å²) in [6, 6.07) is 16.2. The highest BCUT2D eigenvalue weighted by Crippen LogP contribution is 2.31. The number of benzene rings is 2. The molecule has 2 amide bonds. The molecule has 3 rings (SSSR count). The number of hydrogen-bond acceptors (Lipinski definition) is 4. The van der Waals surface area contributed by atoms with Crippen LogP contribution in [0.5, 0.6) is 0 Å². The fraction of sp³-hybridized carbons (Fsp3) is 0.269. The number of amides is 2. The van der Waals surface area contributed by atoms with Crippen molar-refractivity contribution in [2.24, 2.45) is 0 Å². The summed E-state index contributed by atoms with van der Waals surface area (Å²) in [6.45, 7) is 7.66. The van der Waals surface area contributed by atoms with Gasteiger partial charge in [-0.25, -0.2) is 9.37 Å². The maximum atomic E-state index is 14.2. The fourth-order valence-corrected chi connectivity index (χ4v) is 4.62. The number of thiazole rings is 1. The molecule has 0 fully saturated rings. The number of anilines is 2. The fourth-order valence-electron chi connectivity index (χ4n) is 3.77. The van der Waals surface area contributed by atoms with E-state index in [1.165, 1.54) is 46.9 Å². The van der Waals surface area contributed by atoms with Gasteiger partial charge >= 0.3 is 0 Å². The molecule has 7 heteroatoms. The minimum atomic E-state index is -0.508. The van der Waals surface area contributed by atoms with Gasteiger partial charge in [-0.1, -0.05) is 56.3 Å². The molecule has 1 heterocycles. The van der Waals surface area contributed by atoms with Crippen LogP contribution in [0.4, 0.5) is 15.2 Å². The third-order valence-corrected chi connectivity index (χ3v) is 6.12. The van der Waals surface area contributed by atoms with Gasteiger partial charge in [-0.2, -0.15) is 0 Å². The van der Waals surface area contributed by atoms with E-state index in [0.29, 0.717) is 10.8 Å². The summed E-state index contributed by atoms with van der Waals surface area (Å²) >= 11 is 1.20. The van der Waals surface area contributed by atoms with Crippen molar-refractivity contribution >= 4 is 40.0 Å². The molecule has 1 atom stereocenters. The second-order valence-electron chi connectivity index (χ2n) is 8.56. The van der Waals surface area contributed by atoms with Gasteiger partial charge in [0.1, 0.15) is 5.82 Å². The molecule has 172 valence electrons. The largest absolute Gasteiger partial charge is 0.350 e. The molecule has 0 spiro atoms. The summed E-state index contributed by atoms with van der Waals surface area (Å²) in [5.41, 5.74) is 1.80. The summed E-state index contributed by atoms with van der Waals surface area (Å²) in [7, 11) is 0. The van der Waals surface area contributed by atoms with Gasteiger partial charge in [0.25, 0.3) is 0 Å². The van der Waals surface area contributed by atoms with Crippen LogP contribution in [-0.2, 0) is 15.0 Å². The van der Waals surface area contributed by atoms with Crippen LogP contribution in [-0.4, -0.2) is 22.8 Å². The SMILES string of the molecule is CC(=O)N(c1nc(/C=C/C(=O)NC(C)CC(C)(C)c2ccccc2)cs1)c1ccccc1F. The summed E-state index contributed by atoms with van der Waals surface area (Å²) < 4.78 is 14.2. The molecule has 0 saturated carbocycles. The number of carbonyl (C=O) groups is 2. The monoisotopic (exact) mass is 465 g/mol. The molecule has 0 radical (unpaired) electrons. The zero-order valence-electron chi connectivity index (χ0n) is 19.2. The predicted octanol–water partition coefficient (Wildman–Crippen LogP) is 5.85. The van der Waals surface area contributed by atoms with Crippen LogP contribution in [0.15, 0.2) is 66.1 Å². The molecule has 1 N–H and O–H groups in total. The van der Waals surface area contributed by atoms with Crippen LogP contribution >= 0.6 is 11.3 Å². The average Bonchev–Trinajstić information content (AvgIpc) is 3.22. The minimum Gasteiger partial charge on any atom is -0.350 e. The number of hydrogen-bond donors (Lipinski definition) is 1. The van der Waals surface area contributed by atoms with Crippen molar-refractivity contribution in [2.75, 3.05) is 4.90 Å². The quantitative estimate of drug-likeness (QED) is 0.424. The topological polar surface area (TPSA) is 62.3 Å². The van der Waals surface area contributed by atoms with Gasteiger partial charge in [-0.3, -0.25) is 14.5 Å². The molecule has 2 aromatic carbocycles. The molecule has 5 nitrogen and oxygen atoms in total. The van der Waals surface area contributed by atoms with Crippen LogP contribution in [0.1, 0.15) is 45.4 Å². The first-order valence-corrected chi connectivity index (χ1v) is 11.6. The lowest BCUT2D eigenvalue weighted by Gasteiger charge is -2.29. The van der Waals surface area contributed by atoms with Gasteiger partial charge in [0, 0.05) is 24.4 Å². The van der Waals surface area contributed by atoms with E-state index >= 15 is 0 Å². The van der Waals surface area contributed by atoms with Crippen molar-refractivity contribution < 1.29 is 14.0 Å². The highest BCUT2D eigenvalue weighted by molar-refractivity contribution is 7.14. The Hall–Kier alpha value is -3.32. The Labute approximate surface area is 198 Å². The second kappa shape index (κ2) is 10.5. The molecule has 3 aromatic rings. The lowest BCUT2D eigenvalue weighted by Crippen LogP contribution is -2.36. The van der Waals surface area contributed by atoms with Crippen LogP contribution in [0.2, 0.25) is 0 Å². The molecule has 0 aliphatic rings. The van der Waals surface area contributed by atoms with Crippen molar-refractivity contribution in [2.45, 2.75) is 45.6 Å². The van der Waals surface area contributed by atoms with Crippen molar-refractivity contribution in [1.29, 1.82) is 0 Å². The minimum absolute atomic E-state index is 0.0300. The van der Waals surface area contributed by atoms with Gasteiger partial charge in [0.15, 0.2) is 5.13 Å². The number of carbonyl (C=O) groups excluding carboxylic acids is 2. The maximum Gasteiger partial charge on any atom is 0.244 e. The van der Waals surface area contributed by atoms with Gasteiger partial charge in [-0.05, 0) is 42.5 Å². The average molecular weight is 466 g/mol. The summed E-state index contributed by atoms with van der Waals surface area (Å²) in [5.74, 6) is -1.08. The number of halogens is 1. The Balaban J connectivity index is 1.64. The first kappa shape index (κ1) is 24.3. The number of aromatic nitrogens is 1. The Bertz CT molecular complexity index is 1140. The Kier molecular flexibility index (Phi) is 7.76. The number of nitrogens with one attached hydrogen (secondary N) is 1. The van der Waals surface area contributed by atoms with Crippen LogP contribution in [0.25, 0.3) is 6.08 Å². The van der Waals surface area contributed by atoms with E-state index < -0.39 is 5.82 Å². The predicted molar refractivity (Wildman–Crippen MR) is 132 cm³/mol. The van der Waals surface area contributed by atoms with E-state index in [1.807, 2.05) is 25.1 Å². The van der Waals surface area contributed by atoms with E-state index in [1.54, 1.807) is 23.6 Å². The molecule has 1 aromatic heterocycles. The van der Waals surface area contributed by atoms with E-state index in [2.05, 4.69) is 36.3 Å². The van der Waals surface area contributed by atoms with Crippen molar-refractivity contribution in [3.05, 3.63) is 83.1 Å². The highest BCUT2D eigenvalue weighted by atomic mass is 32.1. The van der Waals surface area contributed by atoms with Crippen LogP contribution in [0, 0.1) is 5.82 Å². The summed E-state index contributed by atoms with van der Waals surface area (Å²) in [4.78, 5) is 30.2. The lowest BCUT2D eigenvalue weighted by molar-refractivity contribution is -0.117. The molecule has 0 bridgehead atoms. The molecule has 33 heavy (non-hydrogen) atoms. The smallest absolute Gasteiger partial charge is 0.244 e. The molecule has 0 saturated heterocycles. The van der Waals surface area contributed by atoms with E-state index in [4.69, 9.17) is 0 Å². The molecule has 0 aliphatic heterocycles. The summed E-state index contributed by atoms with van der Waals surface area (Å²) in [5, 5.41) is 5.05. The Morgan fingerprint density at radius 1 is 1.15 bits per heavy atom. The number of rotatable bonds is 8. The lowest BCUT2D eigenvalue weighted by atomic mass is 9.79. The summed E-state index contributed by atoms with van der Waals surface area (Å²) in [6.07, 6.45) is 3.80. The van der Waals surface area contributed by atoms with Gasteiger partial charge in [0.2, 0.25) is 11.8 Å². The van der Waals surface area contributed by atoms with E-state index in [-0.39, 0.29) is 29.0 Å². The zero-order valence-corrected chi connectivity index (χ0v) is 20.0. The molecular formula is C26H28FN3O2S. The van der Waals surface area contributed by atoms with Crippen molar-refractivity contribution in [3.63, 3.8) is 0 Å². The van der Waals surface area contributed by atoms with E-state index in [0.717, 1.165) is 6.42 Å². The first-order chi connectivity index (χ1) is 15.7. The molecule has 0 aliphatic carbocycles. The van der Waals surface area contributed by atoms with Gasteiger partial charge in [0.05, 0.1) is 11.4 Å². The standard InChI is InChI=1S/C26H28FN3O2S/c1-18(16-26(3,4)20-10-6-5-7-11-20)28-24(32)15-14-21-17-33-25(29-21)30(19(2)31)23-13-9-8-12-22(23)27/h5-15,17-18H,16H2,1-4H3,(H,28,32)/b15-14+. The van der Waals surface area contributed by atoms with Crippen molar-refractivity contribution in [3.8, 4) is 0 Å². The number of nitrogens with zero attached hydrogens (tertiary/aromatic N) is 2. The van der Waals surface area contributed by atoms with Gasteiger partial charge in [-0.15, -0.1) is 11.3 Å². The molecular weight excluding hydrogens is 437 g/mol. The van der Waals surface area contributed by atoms with Crippen molar-refractivity contribution in [1.82, 2.24) is 10.3 Å². The third kappa shape index (κ3) is 6.35. The van der Waals surface area contributed by atoms with E-state index in [9.17, 15) is 14.0 Å². The normalized spacial score (nSPS) is 12.5. The third-order valence-electron chi connectivity index (χ3n) is 5.28. The number of para-hydroxylation sites is 1. The Morgan fingerprint density at radius 2 is 1.82 bits per heavy atom.